The highest BCUT2D eigenvalue weighted by Gasteiger charge is 2.24. The summed E-state index contributed by atoms with van der Waals surface area (Å²) in [6.45, 7) is 7.75. The maximum atomic E-state index is 12.3. The van der Waals surface area contributed by atoms with Gasteiger partial charge in [-0.05, 0) is 56.9 Å². The number of aromatic nitrogens is 1. The van der Waals surface area contributed by atoms with Gasteiger partial charge in [-0.25, -0.2) is 9.78 Å². The number of nitrogens with one attached hydrogen (secondary N) is 1. The van der Waals surface area contributed by atoms with Crippen LogP contribution in [0.3, 0.4) is 0 Å². The predicted octanol–water partition coefficient (Wildman–Crippen LogP) is 4.74. The van der Waals surface area contributed by atoms with Gasteiger partial charge in [0.05, 0.1) is 6.54 Å². The fourth-order valence-corrected chi connectivity index (χ4v) is 3.82. The first-order chi connectivity index (χ1) is 12.3. The Kier molecular flexibility index (Phi) is 5.73. The number of fused-ring (bicyclic) bond motifs is 1. The Morgan fingerprint density at radius 2 is 2.04 bits per heavy atom. The molecule has 26 heavy (non-hydrogen) atoms. The summed E-state index contributed by atoms with van der Waals surface area (Å²) in [5.74, 6) is 0. The van der Waals surface area contributed by atoms with Crippen molar-refractivity contribution in [2.24, 2.45) is 0 Å². The van der Waals surface area contributed by atoms with Gasteiger partial charge < -0.3 is 15.0 Å². The molecular weight excluding hydrogens is 370 g/mol. The third-order valence-corrected chi connectivity index (χ3v) is 5.27. The molecule has 140 valence electrons. The summed E-state index contributed by atoms with van der Waals surface area (Å²) in [6, 6.07) is 6.41. The van der Waals surface area contributed by atoms with Crippen LogP contribution in [0.2, 0.25) is 4.47 Å². The van der Waals surface area contributed by atoms with Gasteiger partial charge in [-0.1, -0.05) is 17.7 Å². The Balaban J connectivity index is 1.62. The maximum absolute atomic E-state index is 12.3. The fourth-order valence-electron chi connectivity index (χ4n) is 2.90. The molecule has 0 spiro atoms. The van der Waals surface area contributed by atoms with Gasteiger partial charge in [0.2, 0.25) is 0 Å². The highest BCUT2D eigenvalue weighted by Crippen LogP contribution is 2.23. The Morgan fingerprint density at radius 1 is 1.31 bits per heavy atom. The van der Waals surface area contributed by atoms with E-state index in [4.69, 9.17) is 16.3 Å². The summed E-state index contributed by atoms with van der Waals surface area (Å²) in [5, 5.41) is 3.42. The quantitative estimate of drug-likeness (QED) is 0.817. The molecule has 0 fully saturated rings. The molecule has 1 N–H and O–H groups in total. The van der Waals surface area contributed by atoms with E-state index in [1.54, 1.807) is 11.1 Å². The van der Waals surface area contributed by atoms with Crippen LogP contribution in [0.15, 0.2) is 24.4 Å². The third kappa shape index (κ3) is 5.11. The second kappa shape index (κ2) is 7.84. The smallest absolute Gasteiger partial charge is 0.410 e. The molecule has 2 heterocycles. The van der Waals surface area contributed by atoms with E-state index in [0.717, 1.165) is 23.4 Å². The molecule has 1 aliphatic rings. The minimum Gasteiger partial charge on any atom is -0.444 e. The first-order valence-electron chi connectivity index (χ1n) is 8.74. The number of hydrogen-bond acceptors (Lipinski definition) is 5. The van der Waals surface area contributed by atoms with E-state index in [-0.39, 0.29) is 6.09 Å². The van der Waals surface area contributed by atoms with E-state index >= 15 is 0 Å². The zero-order valence-corrected chi connectivity index (χ0v) is 16.9. The topological polar surface area (TPSA) is 54.5 Å². The van der Waals surface area contributed by atoms with E-state index in [9.17, 15) is 4.79 Å². The Labute approximate surface area is 163 Å². The Hall–Kier alpha value is -1.79. The third-order valence-electron chi connectivity index (χ3n) is 4.15. The Bertz CT molecular complexity index is 785. The predicted molar refractivity (Wildman–Crippen MR) is 106 cm³/mol. The molecule has 2 aromatic rings. The number of carbonyl (C=O) groups excluding carboxylic acids is 1. The van der Waals surface area contributed by atoms with Gasteiger partial charge in [0.15, 0.2) is 4.47 Å². The lowest BCUT2D eigenvalue weighted by Crippen LogP contribution is -2.38. The SMILES string of the molecule is CC(C)(C)OC(=O)N1CCc2ccc(NCc3cnc(Cl)s3)cc2CC1. The van der Waals surface area contributed by atoms with Crippen molar-refractivity contribution in [3.8, 4) is 0 Å². The van der Waals surface area contributed by atoms with Crippen molar-refractivity contribution < 1.29 is 9.53 Å². The summed E-state index contributed by atoms with van der Waals surface area (Å²) in [5.41, 5.74) is 3.18. The standard InChI is InChI=1S/C19H24ClN3O2S/c1-19(2,3)25-18(24)23-8-6-13-4-5-15(10-14(13)7-9-23)21-11-16-12-22-17(20)26-16/h4-5,10,12,21H,6-9,11H2,1-3H3. The van der Waals surface area contributed by atoms with Gasteiger partial charge in [0.25, 0.3) is 0 Å². The molecule has 0 unspecified atom stereocenters. The largest absolute Gasteiger partial charge is 0.444 e. The van der Waals surface area contributed by atoms with Crippen LogP contribution < -0.4 is 5.32 Å². The van der Waals surface area contributed by atoms with Gasteiger partial charge in [-0.3, -0.25) is 0 Å². The van der Waals surface area contributed by atoms with Crippen LogP contribution >= 0.6 is 22.9 Å². The molecule has 7 heteroatoms. The molecule has 0 aliphatic carbocycles. The molecule has 1 amide bonds. The first-order valence-corrected chi connectivity index (χ1v) is 9.93. The van der Waals surface area contributed by atoms with Crippen LogP contribution in [0, 0.1) is 0 Å². The van der Waals surface area contributed by atoms with E-state index in [1.165, 1.54) is 22.5 Å². The fraction of sp³-hybridized carbons (Fsp3) is 0.474. The zero-order valence-electron chi connectivity index (χ0n) is 15.3. The lowest BCUT2D eigenvalue weighted by atomic mass is 10.0. The summed E-state index contributed by atoms with van der Waals surface area (Å²) in [7, 11) is 0. The first kappa shape index (κ1) is 19.0. The molecule has 0 saturated carbocycles. The summed E-state index contributed by atoms with van der Waals surface area (Å²) >= 11 is 7.35. The van der Waals surface area contributed by atoms with Gasteiger partial charge in [-0.15, -0.1) is 11.3 Å². The minimum atomic E-state index is -0.465. The highest BCUT2D eigenvalue weighted by molar-refractivity contribution is 7.15. The molecule has 0 atom stereocenters. The number of thiazole rings is 1. The number of ether oxygens (including phenoxy) is 1. The van der Waals surface area contributed by atoms with Crippen LogP contribution in [-0.2, 0) is 24.1 Å². The zero-order chi connectivity index (χ0) is 18.7. The van der Waals surface area contributed by atoms with Crippen LogP contribution in [-0.4, -0.2) is 34.7 Å². The minimum absolute atomic E-state index is 0.231. The average Bonchev–Trinajstić information content (AvgIpc) is 2.86. The number of nitrogens with zero attached hydrogens (tertiary/aromatic N) is 2. The molecule has 1 aromatic heterocycles. The molecule has 0 radical (unpaired) electrons. The molecule has 1 aromatic carbocycles. The van der Waals surface area contributed by atoms with Crippen molar-refractivity contribution in [2.75, 3.05) is 18.4 Å². The number of carbonyl (C=O) groups is 1. The molecule has 3 rings (SSSR count). The lowest BCUT2D eigenvalue weighted by molar-refractivity contribution is 0.0258. The second-order valence-electron chi connectivity index (χ2n) is 7.38. The molecule has 0 bridgehead atoms. The number of halogens is 1. The van der Waals surface area contributed by atoms with Crippen molar-refractivity contribution >= 4 is 34.7 Å². The average molecular weight is 394 g/mol. The van der Waals surface area contributed by atoms with Crippen LogP contribution in [0.4, 0.5) is 10.5 Å². The maximum Gasteiger partial charge on any atom is 0.410 e. The van der Waals surface area contributed by atoms with Crippen molar-refractivity contribution in [1.29, 1.82) is 0 Å². The van der Waals surface area contributed by atoms with E-state index in [2.05, 4.69) is 28.5 Å². The highest BCUT2D eigenvalue weighted by atomic mass is 35.5. The number of rotatable bonds is 3. The number of anilines is 1. The second-order valence-corrected chi connectivity index (χ2v) is 9.08. The van der Waals surface area contributed by atoms with Crippen molar-refractivity contribution in [3.63, 3.8) is 0 Å². The van der Waals surface area contributed by atoms with E-state index in [1.807, 2.05) is 20.8 Å². The van der Waals surface area contributed by atoms with Crippen molar-refractivity contribution in [3.05, 3.63) is 44.9 Å². The lowest BCUT2D eigenvalue weighted by Gasteiger charge is -2.26. The van der Waals surface area contributed by atoms with Gasteiger partial charge in [0, 0.05) is 29.9 Å². The van der Waals surface area contributed by atoms with Gasteiger partial charge in [-0.2, -0.15) is 0 Å². The number of amides is 1. The van der Waals surface area contributed by atoms with Crippen molar-refractivity contribution in [2.45, 2.75) is 45.8 Å². The van der Waals surface area contributed by atoms with Crippen LogP contribution in [0.5, 0.6) is 0 Å². The summed E-state index contributed by atoms with van der Waals surface area (Å²) in [4.78, 5) is 19.3. The Morgan fingerprint density at radius 3 is 2.69 bits per heavy atom. The van der Waals surface area contributed by atoms with Gasteiger partial charge >= 0.3 is 6.09 Å². The van der Waals surface area contributed by atoms with Crippen LogP contribution in [0.1, 0.15) is 36.8 Å². The number of hydrogen-bond donors (Lipinski definition) is 1. The summed E-state index contributed by atoms with van der Waals surface area (Å²) < 4.78 is 6.07. The van der Waals surface area contributed by atoms with Crippen molar-refractivity contribution in [1.82, 2.24) is 9.88 Å². The van der Waals surface area contributed by atoms with E-state index < -0.39 is 5.60 Å². The number of benzene rings is 1. The monoisotopic (exact) mass is 393 g/mol. The molecule has 5 nitrogen and oxygen atoms in total. The molecular formula is C19H24ClN3O2S. The molecule has 0 saturated heterocycles. The van der Waals surface area contributed by atoms with Gasteiger partial charge in [0.1, 0.15) is 5.60 Å². The van der Waals surface area contributed by atoms with Crippen LogP contribution in [0.25, 0.3) is 0 Å². The molecule has 1 aliphatic heterocycles. The normalized spacial score (nSPS) is 14.5. The summed E-state index contributed by atoms with van der Waals surface area (Å²) in [6.07, 6.45) is 3.24. The van der Waals surface area contributed by atoms with E-state index in [0.29, 0.717) is 24.1 Å².